The van der Waals surface area contributed by atoms with Crippen molar-refractivity contribution in [2.24, 2.45) is 0 Å². The first kappa shape index (κ1) is 15.0. The molecule has 0 heterocycles. The first-order chi connectivity index (χ1) is 4.96. The first-order valence-electron chi connectivity index (χ1n) is 4.28. The third-order valence-corrected chi connectivity index (χ3v) is 5.70. The van der Waals surface area contributed by atoms with Crippen molar-refractivity contribution in [1.82, 2.24) is 0 Å². The maximum Gasteiger partial charge on any atom is 0.206 e. The quantitative estimate of drug-likeness (QED) is 0.730. The molecule has 76 valence electrons. The summed E-state index contributed by atoms with van der Waals surface area (Å²) in [5.41, 5.74) is -0.0881. The molecule has 0 aromatic rings. The molecule has 0 rings (SSSR count). The average molecular weight is 215 g/mol. The van der Waals surface area contributed by atoms with E-state index in [1.165, 1.54) is 0 Å². The van der Waals surface area contributed by atoms with E-state index in [0.29, 0.717) is 0 Å². The Balaban J connectivity index is 0. The van der Waals surface area contributed by atoms with Gasteiger partial charge in [0.1, 0.15) is 0 Å². The Hall–Kier alpha value is 0.480. The molecule has 2 unspecified atom stereocenters. The lowest BCUT2D eigenvalue weighted by Crippen LogP contribution is -2.11. The largest absolute Gasteiger partial charge is 0.344 e. The molecule has 0 amide bonds. The van der Waals surface area contributed by atoms with Crippen LogP contribution in [-0.2, 0) is 4.57 Å². The zero-order valence-electron chi connectivity index (χ0n) is 8.28. The Morgan fingerprint density at radius 3 is 1.58 bits per heavy atom. The van der Waals surface area contributed by atoms with Crippen LogP contribution in [0.15, 0.2) is 0 Å². The molecule has 0 fully saturated rings. The molecule has 0 radical (unpaired) electrons. The second kappa shape index (κ2) is 6.01. The third kappa shape index (κ3) is 3.47. The zero-order chi connectivity index (χ0) is 9.07. The normalized spacial score (nSPS) is 20.4. The van der Waals surface area contributed by atoms with Crippen LogP contribution in [0.25, 0.3) is 0 Å². The van der Waals surface area contributed by atoms with Crippen LogP contribution in [0.2, 0.25) is 0 Å². The van der Waals surface area contributed by atoms with Crippen LogP contribution in [-0.4, -0.2) is 16.2 Å². The van der Waals surface area contributed by atoms with Crippen molar-refractivity contribution in [3.63, 3.8) is 0 Å². The van der Waals surface area contributed by atoms with Crippen molar-refractivity contribution in [2.75, 3.05) is 0 Å². The lowest BCUT2D eigenvalue weighted by Gasteiger charge is -2.23. The smallest absolute Gasteiger partial charge is 0.206 e. The number of rotatable bonds is 4. The second-order valence-corrected chi connectivity index (χ2v) is 6.30. The molecule has 0 aliphatic heterocycles. The average Bonchev–Trinajstić information content (AvgIpc) is 2.01. The molecule has 0 bridgehead atoms. The summed E-state index contributed by atoms with van der Waals surface area (Å²) in [5.74, 6) is 0. The van der Waals surface area contributed by atoms with Gasteiger partial charge in [-0.25, -0.2) is 0 Å². The summed E-state index contributed by atoms with van der Waals surface area (Å²) in [4.78, 5) is 9.61. The molecule has 0 aliphatic rings. The molecule has 1 N–H and O–H groups in total. The number of halogens is 1. The van der Waals surface area contributed by atoms with Crippen molar-refractivity contribution in [3.8, 4) is 0 Å². The van der Waals surface area contributed by atoms with E-state index in [1.807, 2.05) is 27.7 Å². The minimum absolute atomic E-state index is 0. The van der Waals surface area contributed by atoms with Crippen molar-refractivity contribution >= 4 is 19.8 Å². The van der Waals surface area contributed by atoms with E-state index in [0.717, 1.165) is 12.8 Å². The van der Waals surface area contributed by atoms with Gasteiger partial charge in [0.25, 0.3) is 0 Å². The summed E-state index contributed by atoms with van der Waals surface area (Å²) in [6.45, 7) is 7.62. The molecule has 12 heavy (non-hydrogen) atoms. The maximum atomic E-state index is 11.6. The third-order valence-electron chi connectivity index (χ3n) is 2.44. The van der Waals surface area contributed by atoms with Crippen LogP contribution in [0.1, 0.15) is 40.5 Å². The Kier molecular flexibility index (Phi) is 7.50. The highest BCUT2D eigenvalue weighted by atomic mass is 35.5. The minimum atomic E-state index is -2.87. The molecular formula is C8H20ClO2P. The highest BCUT2D eigenvalue weighted by Crippen LogP contribution is 2.53. The molecule has 0 spiro atoms. The topological polar surface area (TPSA) is 37.3 Å². The summed E-state index contributed by atoms with van der Waals surface area (Å²) >= 11 is 0. The van der Waals surface area contributed by atoms with E-state index in [4.69, 9.17) is 0 Å². The van der Waals surface area contributed by atoms with E-state index in [2.05, 4.69) is 0 Å². The Morgan fingerprint density at radius 1 is 1.17 bits per heavy atom. The molecule has 0 aliphatic carbocycles. The summed E-state index contributed by atoms with van der Waals surface area (Å²) in [6, 6.07) is 0. The van der Waals surface area contributed by atoms with E-state index in [9.17, 15) is 9.46 Å². The predicted octanol–water partition coefficient (Wildman–Crippen LogP) is 3.28. The van der Waals surface area contributed by atoms with Crippen LogP contribution in [0.4, 0.5) is 0 Å². The van der Waals surface area contributed by atoms with Crippen LogP contribution in [0, 0.1) is 0 Å². The zero-order valence-corrected chi connectivity index (χ0v) is 9.99. The van der Waals surface area contributed by atoms with E-state index >= 15 is 0 Å². The molecule has 0 aromatic heterocycles. The van der Waals surface area contributed by atoms with Crippen LogP contribution >= 0.6 is 19.8 Å². The van der Waals surface area contributed by atoms with Crippen molar-refractivity contribution in [1.29, 1.82) is 0 Å². The van der Waals surface area contributed by atoms with Gasteiger partial charge < -0.3 is 4.89 Å². The fourth-order valence-electron chi connectivity index (χ4n) is 0.958. The van der Waals surface area contributed by atoms with Crippen LogP contribution in [0.5, 0.6) is 0 Å². The van der Waals surface area contributed by atoms with Gasteiger partial charge in [-0.15, -0.1) is 12.4 Å². The standard InChI is InChI=1S/C8H19O2P.ClH/c1-5-7(3)11(9,10)8(4)6-2;/h7-8H,5-6H2,1-4H3,(H,9,10);1H. The molecule has 2 atom stereocenters. The lowest BCUT2D eigenvalue weighted by atomic mass is 10.4. The van der Waals surface area contributed by atoms with E-state index < -0.39 is 7.37 Å². The molecule has 2 nitrogen and oxygen atoms in total. The predicted molar refractivity (Wildman–Crippen MR) is 56.6 cm³/mol. The van der Waals surface area contributed by atoms with Gasteiger partial charge in [-0.1, -0.05) is 27.7 Å². The van der Waals surface area contributed by atoms with Gasteiger partial charge in [-0.2, -0.15) is 0 Å². The maximum absolute atomic E-state index is 11.6. The molecule has 0 aromatic carbocycles. The van der Waals surface area contributed by atoms with Gasteiger partial charge in [0.15, 0.2) is 0 Å². The first-order valence-corrected chi connectivity index (χ1v) is 6.08. The fourth-order valence-corrected chi connectivity index (χ4v) is 2.87. The van der Waals surface area contributed by atoms with Crippen molar-refractivity contribution in [3.05, 3.63) is 0 Å². The lowest BCUT2D eigenvalue weighted by molar-refractivity contribution is 0.449. The Morgan fingerprint density at radius 2 is 1.42 bits per heavy atom. The highest BCUT2D eigenvalue weighted by molar-refractivity contribution is 7.59. The molecular weight excluding hydrogens is 195 g/mol. The Bertz CT molecular complexity index is 147. The molecule has 0 saturated heterocycles. The summed E-state index contributed by atoms with van der Waals surface area (Å²) in [7, 11) is -2.87. The monoisotopic (exact) mass is 214 g/mol. The van der Waals surface area contributed by atoms with Gasteiger partial charge in [-0.3, -0.25) is 4.57 Å². The summed E-state index contributed by atoms with van der Waals surface area (Å²) < 4.78 is 11.6. The SMILES string of the molecule is CCC(C)P(=O)(O)C(C)CC.Cl. The van der Waals surface area contributed by atoms with Gasteiger partial charge in [0.2, 0.25) is 7.37 Å². The van der Waals surface area contributed by atoms with E-state index in [1.54, 1.807) is 0 Å². The molecule has 0 saturated carbocycles. The van der Waals surface area contributed by atoms with E-state index in [-0.39, 0.29) is 23.7 Å². The van der Waals surface area contributed by atoms with Gasteiger partial charge in [0.05, 0.1) is 0 Å². The fraction of sp³-hybridized carbons (Fsp3) is 1.00. The number of hydrogen-bond acceptors (Lipinski definition) is 1. The van der Waals surface area contributed by atoms with Gasteiger partial charge >= 0.3 is 0 Å². The summed E-state index contributed by atoms with van der Waals surface area (Å²) in [5, 5.41) is 0. The van der Waals surface area contributed by atoms with Crippen LogP contribution in [0.3, 0.4) is 0 Å². The molecule has 4 heteroatoms. The van der Waals surface area contributed by atoms with Crippen LogP contribution < -0.4 is 0 Å². The van der Waals surface area contributed by atoms with Crippen molar-refractivity contribution in [2.45, 2.75) is 51.9 Å². The van der Waals surface area contributed by atoms with Gasteiger partial charge in [0, 0.05) is 11.3 Å². The summed E-state index contributed by atoms with van der Waals surface area (Å²) in [6.07, 6.45) is 1.58. The van der Waals surface area contributed by atoms with Crippen molar-refractivity contribution < 1.29 is 9.46 Å². The van der Waals surface area contributed by atoms with Gasteiger partial charge in [-0.05, 0) is 12.8 Å². The number of hydrogen-bond donors (Lipinski definition) is 1. The second-order valence-electron chi connectivity index (χ2n) is 3.19. The highest BCUT2D eigenvalue weighted by Gasteiger charge is 2.30. The minimum Gasteiger partial charge on any atom is -0.344 e. The Labute approximate surface area is 81.6 Å².